The number of thiazole rings is 1. The summed E-state index contributed by atoms with van der Waals surface area (Å²) in [6.07, 6.45) is 0. The molecule has 2 aromatic rings. The first kappa shape index (κ1) is 15.2. The zero-order valence-corrected chi connectivity index (χ0v) is 13.8. The van der Waals surface area contributed by atoms with E-state index in [0.717, 1.165) is 12.2 Å². The Morgan fingerprint density at radius 3 is 2.35 bits per heavy atom. The number of nitrogens with one attached hydrogen (secondary N) is 1. The van der Waals surface area contributed by atoms with Crippen LogP contribution in [0.2, 0.25) is 0 Å². The van der Waals surface area contributed by atoms with Gasteiger partial charge in [-0.05, 0) is 20.8 Å². The lowest BCUT2D eigenvalue weighted by Crippen LogP contribution is -2.34. The van der Waals surface area contributed by atoms with Crippen LogP contribution >= 0.6 is 11.3 Å². The van der Waals surface area contributed by atoms with Crippen molar-refractivity contribution in [1.82, 2.24) is 10.3 Å². The van der Waals surface area contributed by atoms with Crippen LogP contribution in [0.15, 0.2) is 30.3 Å². The van der Waals surface area contributed by atoms with Gasteiger partial charge in [0.05, 0.1) is 10.7 Å². The standard InChI is InChI=1S/C17H24N2S/c1-12(2)16-19-15(13-9-7-6-8-10-13)14(20-16)11-18-17(3,4)5/h6-10,12,18H,11H2,1-5H3. The smallest absolute Gasteiger partial charge is 0.0961 e. The molecule has 1 aromatic heterocycles. The van der Waals surface area contributed by atoms with Gasteiger partial charge in [0.15, 0.2) is 0 Å². The molecule has 0 aliphatic rings. The van der Waals surface area contributed by atoms with Crippen LogP contribution < -0.4 is 5.32 Å². The van der Waals surface area contributed by atoms with Crippen molar-refractivity contribution < 1.29 is 0 Å². The second kappa shape index (κ2) is 6.06. The van der Waals surface area contributed by atoms with Gasteiger partial charge >= 0.3 is 0 Å². The lowest BCUT2D eigenvalue weighted by Gasteiger charge is -2.20. The summed E-state index contributed by atoms with van der Waals surface area (Å²) < 4.78 is 0. The highest BCUT2D eigenvalue weighted by Crippen LogP contribution is 2.31. The lowest BCUT2D eigenvalue weighted by atomic mass is 10.1. The van der Waals surface area contributed by atoms with Gasteiger partial charge in [-0.3, -0.25) is 0 Å². The Labute approximate surface area is 126 Å². The van der Waals surface area contributed by atoms with E-state index in [4.69, 9.17) is 4.98 Å². The van der Waals surface area contributed by atoms with Crippen molar-refractivity contribution in [2.75, 3.05) is 0 Å². The Balaban J connectivity index is 2.34. The van der Waals surface area contributed by atoms with E-state index < -0.39 is 0 Å². The van der Waals surface area contributed by atoms with E-state index in [9.17, 15) is 0 Å². The van der Waals surface area contributed by atoms with E-state index in [1.54, 1.807) is 0 Å². The van der Waals surface area contributed by atoms with Crippen LogP contribution in [0.5, 0.6) is 0 Å². The van der Waals surface area contributed by atoms with Crippen LogP contribution in [0.1, 0.15) is 50.4 Å². The van der Waals surface area contributed by atoms with Gasteiger partial charge in [-0.15, -0.1) is 11.3 Å². The van der Waals surface area contributed by atoms with Gasteiger partial charge < -0.3 is 5.32 Å². The molecule has 2 rings (SSSR count). The number of hydrogen-bond acceptors (Lipinski definition) is 3. The fraction of sp³-hybridized carbons (Fsp3) is 0.471. The highest BCUT2D eigenvalue weighted by atomic mass is 32.1. The number of benzene rings is 1. The second-order valence-electron chi connectivity index (χ2n) is 6.45. The van der Waals surface area contributed by atoms with E-state index in [2.05, 4.69) is 64.2 Å². The molecule has 0 amide bonds. The molecule has 0 aliphatic heterocycles. The molecule has 2 nitrogen and oxygen atoms in total. The summed E-state index contributed by atoms with van der Waals surface area (Å²) in [5, 5.41) is 4.79. The van der Waals surface area contributed by atoms with Crippen LogP contribution in [0.3, 0.4) is 0 Å². The number of aromatic nitrogens is 1. The predicted molar refractivity (Wildman–Crippen MR) is 88.2 cm³/mol. The van der Waals surface area contributed by atoms with Crippen LogP contribution in [0.25, 0.3) is 11.3 Å². The minimum Gasteiger partial charge on any atom is -0.307 e. The van der Waals surface area contributed by atoms with Gasteiger partial charge in [0.25, 0.3) is 0 Å². The highest BCUT2D eigenvalue weighted by Gasteiger charge is 2.17. The Morgan fingerprint density at radius 2 is 1.80 bits per heavy atom. The van der Waals surface area contributed by atoms with Crippen LogP contribution in [0.4, 0.5) is 0 Å². The molecule has 0 atom stereocenters. The largest absolute Gasteiger partial charge is 0.307 e. The Kier molecular flexibility index (Phi) is 4.61. The van der Waals surface area contributed by atoms with Crippen LogP contribution in [-0.4, -0.2) is 10.5 Å². The van der Waals surface area contributed by atoms with Crippen molar-refractivity contribution >= 4 is 11.3 Å². The monoisotopic (exact) mass is 288 g/mol. The van der Waals surface area contributed by atoms with E-state index in [-0.39, 0.29) is 5.54 Å². The minimum absolute atomic E-state index is 0.121. The fourth-order valence-corrected chi connectivity index (χ4v) is 2.93. The Morgan fingerprint density at radius 1 is 1.15 bits per heavy atom. The molecule has 0 spiro atoms. The molecule has 108 valence electrons. The summed E-state index contributed by atoms with van der Waals surface area (Å²) in [6.45, 7) is 11.9. The maximum atomic E-state index is 4.86. The van der Waals surface area contributed by atoms with Gasteiger partial charge in [-0.2, -0.15) is 0 Å². The molecule has 0 bridgehead atoms. The summed E-state index contributed by atoms with van der Waals surface area (Å²) in [6, 6.07) is 10.5. The molecule has 0 radical (unpaired) electrons. The quantitative estimate of drug-likeness (QED) is 0.872. The van der Waals surface area contributed by atoms with E-state index in [1.807, 2.05) is 17.4 Å². The van der Waals surface area contributed by atoms with E-state index in [0.29, 0.717) is 5.92 Å². The molecule has 0 fully saturated rings. The van der Waals surface area contributed by atoms with Crippen molar-refractivity contribution in [1.29, 1.82) is 0 Å². The number of nitrogens with zero attached hydrogens (tertiary/aromatic N) is 1. The first-order chi connectivity index (χ1) is 9.37. The summed E-state index contributed by atoms with van der Waals surface area (Å²) in [5.74, 6) is 0.478. The van der Waals surface area contributed by atoms with Crippen molar-refractivity contribution in [2.45, 2.75) is 52.6 Å². The van der Waals surface area contributed by atoms with E-state index >= 15 is 0 Å². The summed E-state index contributed by atoms with van der Waals surface area (Å²) in [4.78, 5) is 6.19. The third-order valence-electron chi connectivity index (χ3n) is 3.03. The molecule has 1 aromatic carbocycles. The van der Waals surface area contributed by atoms with Crippen LogP contribution in [0, 0.1) is 0 Å². The fourth-order valence-electron chi connectivity index (χ4n) is 1.90. The van der Waals surface area contributed by atoms with Crippen molar-refractivity contribution in [3.8, 4) is 11.3 Å². The SMILES string of the molecule is CC(C)c1nc(-c2ccccc2)c(CNC(C)(C)C)s1. The molecular weight excluding hydrogens is 264 g/mol. The molecule has 1 N–H and O–H groups in total. The summed E-state index contributed by atoms with van der Waals surface area (Å²) in [7, 11) is 0. The summed E-state index contributed by atoms with van der Waals surface area (Å²) >= 11 is 1.83. The van der Waals surface area contributed by atoms with Gasteiger partial charge in [0, 0.05) is 28.4 Å². The number of rotatable bonds is 4. The van der Waals surface area contributed by atoms with Crippen molar-refractivity contribution in [2.24, 2.45) is 0 Å². The van der Waals surface area contributed by atoms with Crippen molar-refractivity contribution in [3.63, 3.8) is 0 Å². The molecule has 0 saturated carbocycles. The van der Waals surface area contributed by atoms with E-state index in [1.165, 1.54) is 15.4 Å². The highest BCUT2D eigenvalue weighted by molar-refractivity contribution is 7.12. The molecule has 20 heavy (non-hydrogen) atoms. The van der Waals surface area contributed by atoms with Gasteiger partial charge in [-0.1, -0.05) is 44.2 Å². The topological polar surface area (TPSA) is 24.9 Å². The first-order valence-corrected chi connectivity index (χ1v) is 7.98. The molecule has 0 aliphatic carbocycles. The molecule has 3 heteroatoms. The Bertz CT molecular complexity index is 550. The average molecular weight is 288 g/mol. The Hall–Kier alpha value is -1.19. The first-order valence-electron chi connectivity index (χ1n) is 7.17. The van der Waals surface area contributed by atoms with Crippen molar-refractivity contribution in [3.05, 3.63) is 40.2 Å². The third kappa shape index (κ3) is 3.90. The van der Waals surface area contributed by atoms with Gasteiger partial charge in [-0.25, -0.2) is 4.98 Å². The maximum Gasteiger partial charge on any atom is 0.0961 e. The summed E-state index contributed by atoms with van der Waals surface area (Å²) in [5.41, 5.74) is 2.47. The molecule has 0 saturated heterocycles. The third-order valence-corrected chi connectivity index (χ3v) is 4.39. The molecule has 1 heterocycles. The second-order valence-corrected chi connectivity index (χ2v) is 7.56. The van der Waals surface area contributed by atoms with Crippen LogP contribution in [-0.2, 0) is 6.54 Å². The van der Waals surface area contributed by atoms with Gasteiger partial charge in [0.2, 0.25) is 0 Å². The maximum absolute atomic E-state index is 4.86. The minimum atomic E-state index is 0.121. The number of hydrogen-bond donors (Lipinski definition) is 1. The average Bonchev–Trinajstić information content (AvgIpc) is 2.81. The molecule has 0 unspecified atom stereocenters. The molecular formula is C17H24N2S. The zero-order chi connectivity index (χ0) is 14.8. The normalized spacial score (nSPS) is 12.1. The zero-order valence-electron chi connectivity index (χ0n) is 13.0. The lowest BCUT2D eigenvalue weighted by molar-refractivity contribution is 0.426. The predicted octanol–water partition coefficient (Wildman–Crippen LogP) is 4.82. The van der Waals surface area contributed by atoms with Gasteiger partial charge in [0.1, 0.15) is 0 Å².